The van der Waals surface area contributed by atoms with Crippen molar-refractivity contribution >= 4 is 48.7 Å². The fraction of sp³-hybridized carbons (Fsp3) is 0.562. The van der Waals surface area contributed by atoms with E-state index in [4.69, 9.17) is 14.0 Å². The first kappa shape index (κ1) is 18.8. The minimum absolute atomic E-state index is 0.470. The van der Waals surface area contributed by atoms with Gasteiger partial charge in [0.15, 0.2) is 0 Å². The van der Waals surface area contributed by atoms with Crippen LogP contribution >= 0.6 is 22.6 Å². The summed E-state index contributed by atoms with van der Waals surface area (Å²) >= 11 is 2.25. The molecule has 1 aliphatic rings. The first-order valence-corrected chi connectivity index (χ1v) is 8.93. The van der Waals surface area contributed by atoms with Crippen LogP contribution in [0.1, 0.15) is 37.6 Å². The van der Waals surface area contributed by atoms with E-state index in [1.807, 2.05) is 39.7 Å². The molecule has 7 heteroatoms. The van der Waals surface area contributed by atoms with Gasteiger partial charge in [0.05, 0.1) is 12.2 Å². The first-order valence-electron chi connectivity index (χ1n) is 7.85. The number of carbonyl (C=O) groups excluding carboxylic acids is 1. The van der Waals surface area contributed by atoms with Crippen molar-refractivity contribution in [3.05, 3.63) is 23.8 Å². The van der Waals surface area contributed by atoms with Crippen molar-refractivity contribution in [3.8, 4) is 5.75 Å². The maximum Gasteiger partial charge on any atom is 0.500 e. The number of rotatable bonds is 7. The molecular formula is C16H22B2IO4. The van der Waals surface area contributed by atoms with Gasteiger partial charge < -0.3 is 14.0 Å². The number of halogens is 1. The largest absolute Gasteiger partial charge is 0.500 e. The van der Waals surface area contributed by atoms with Crippen LogP contribution < -0.4 is 10.2 Å². The van der Waals surface area contributed by atoms with Crippen LogP contribution in [0, 0.1) is 0 Å². The van der Waals surface area contributed by atoms with Gasteiger partial charge in [-0.15, -0.1) is 0 Å². The third-order valence-electron chi connectivity index (χ3n) is 4.16. The van der Waals surface area contributed by atoms with E-state index < -0.39 is 16.3 Å². The Hall–Kier alpha value is -0.530. The molecule has 1 aliphatic heterocycles. The molecule has 1 heterocycles. The fourth-order valence-corrected chi connectivity index (χ4v) is 2.73. The SMILES string of the molecule is C[B]CCCOc1cccc(C=O)c1B1OC(C)(C)[C@@](C)(I)O1. The second-order valence-corrected chi connectivity index (χ2v) is 8.33. The molecule has 1 aromatic carbocycles. The topological polar surface area (TPSA) is 44.8 Å². The van der Waals surface area contributed by atoms with Crippen molar-refractivity contribution in [2.24, 2.45) is 0 Å². The third kappa shape index (κ3) is 4.12. The molecule has 1 atom stereocenters. The third-order valence-corrected chi connectivity index (χ3v) is 5.72. The monoisotopic (exact) mass is 427 g/mol. The van der Waals surface area contributed by atoms with E-state index in [0.29, 0.717) is 23.4 Å². The summed E-state index contributed by atoms with van der Waals surface area (Å²) in [6.45, 7) is 8.58. The normalized spacial score (nSPS) is 22.9. The molecule has 0 aromatic heterocycles. The van der Waals surface area contributed by atoms with Crippen molar-refractivity contribution in [3.63, 3.8) is 0 Å². The maximum absolute atomic E-state index is 11.5. The predicted molar refractivity (Wildman–Crippen MR) is 102 cm³/mol. The van der Waals surface area contributed by atoms with Crippen molar-refractivity contribution in [2.75, 3.05) is 6.61 Å². The highest BCUT2D eigenvalue weighted by Gasteiger charge is 2.54. The van der Waals surface area contributed by atoms with Crippen LogP contribution in [0.5, 0.6) is 5.75 Å². The number of hydrogen-bond donors (Lipinski definition) is 0. The molecule has 1 fully saturated rings. The van der Waals surface area contributed by atoms with E-state index in [9.17, 15) is 4.79 Å². The van der Waals surface area contributed by atoms with Gasteiger partial charge in [-0.3, -0.25) is 4.79 Å². The van der Waals surface area contributed by atoms with E-state index in [1.54, 1.807) is 6.07 Å². The summed E-state index contributed by atoms with van der Waals surface area (Å²) in [5.74, 6) is 0.653. The van der Waals surface area contributed by atoms with Crippen LogP contribution in [-0.4, -0.2) is 36.5 Å². The van der Waals surface area contributed by atoms with Crippen LogP contribution in [0.4, 0.5) is 0 Å². The molecule has 1 aromatic rings. The van der Waals surface area contributed by atoms with Gasteiger partial charge in [0, 0.05) is 11.0 Å². The summed E-state index contributed by atoms with van der Waals surface area (Å²) < 4.78 is 17.6. The lowest BCUT2D eigenvalue weighted by Gasteiger charge is -2.30. The summed E-state index contributed by atoms with van der Waals surface area (Å²) in [5.41, 5.74) is 0.749. The van der Waals surface area contributed by atoms with Crippen molar-refractivity contribution in [1.82, 2.24) is 0 Å². The number of aldehydes is 1. The van der Waals surface area contributed by atoms with E-state index in [1.165, 1.54) is 0 Å². The Balaban J connectivity index is 2.28. The van der Waals surface area contributed by atoms with Gasteiger partial charge in [0.2, 0.25) is 0 Å². The lowest BCUT2D eigenvalue weighted by Crippen LogP contribution is -2.39. The zero-order chi connectivity index (χ0) is 17.1. The highest BCUT2D eigenvalue weighted by molar-refractivity contribution is 14.1. The van der Waals surface area contributed by atoms with Gasteiger partial charge in [0.1, 0.15) is 22.9 Å². The molecular weight excluding hydrogens is 405 g/mol. The van der Waals surface area contributed by atoms with E-state index in [-0.39, 0.29) is 0 Å². The average Bonchev–Trinajstić information content (AvgIpc) is 2.71. The standard InChI is InChI=1S/C16H22B2IO4/c1-15(2)16(3,19)23-18(22-15)14-12(11-20)7-5-8-13(14)21-10-6-9-17-4/h5,7-8,11H,6,9-10H2,1-4H3/t16-/m0/s1. The Morgan fingerprint density at radius 2 is 2.09 bits per heavy atom. The smallest absolute Gasteiger partial charge is 0.494 e. The Kier molecular flexibility index (Phi) is 6.19. The van der Waals surface area contributed by atoms with E-state index in [0.717, 1.165) is 19.0 Å². The molecule has 0 N–H and O–H groups in total. The van der Waals surface area contributed by atoms with Crippen LogP contribution in [0.15, 0.2) is 18.2 Å². The lowest BCUT2D eigenvalue weighted by atomic mass is 9.75. The quantitative estimate of drug-likeness (QED) is 0.221. The Morgan fingerprint density at radius 1 is 1.35 bits per heavy atom. The van der Waals surface area contributed by atoms with Crippen LogP contribution in [-0.2, 0) is 9.31 Å². The molecule has 0 aliphatic carbocycles. The molecule has 0 unspecified atom stereocenters. The highest BCUT2D eigenvalue weighted by atomic mass is 127. The molecule has 1 radical (unpaired) electrons. The molecule has 2 rings (SSSR count). The summed E-state index contributed by atoms with van der Waals surface area (Å²) in [7, 11) is 1.50. The minimum Gasteiger partial charge on any atom is -0.494 e. The number of hydrogen-bond acceptors (Lipinski definition) is 4. The Morgan fingerprint density at radius 3 is 2.65 bits per heavy atom. The number of alkyl halides is 1. The summed E-state index contributed by atoms with van der Waals surface area (Å²) in [5, 5.41) is 0. The Bertz CT molecular complexity index is 547. The molecule has 123 valence electrons. The first-order chi connectivity index (χ1) is 10.8. The van der Waals surface area contributed by atoms with E-state index >= 15 is 0 Å². The van der Waals surface area contributed by atoms with E-state index in [2.05, 4.69) is 29.9 Å². The fourth-order valence-electron chi connectivity index (χ4n) is 2.37. The minimum atomic E-state index is -0.610. The molecule has 1 saturated heterocycles. The maximum atomic E-state index is 11.5. The van der Waals surface area contributed by atoms with Gasteiger partial charge in [-0.25, -0.2) is 0 Å². The number of benzene rings is 1. The highest BCUT2D eigenvalue weighted by Crippen LogP contribution is 2.42. The molecule has 0 spiro atoms. The average molecular weight is 427 g/mol. The summed E-state index contributed by atoms with van der Waals surface area (Å²) in [4.78, 5) is 11.5. The van der Waals surface area contributed by atoms with Gasteiger partial charge in [-0.1, -0.05) is 25.3 Å². The van der Waals surface area contributed by atoms with Gasteiger partial charge >= 0.3 is 7.12 Å². The van der Waals surface area contributed by atoms with Gasteiger partial charge in [-0.2, -0.15) is 0 Å². The van der Waals surface area contributed by atoms with Gasteiger partial charge in [-0.05, 0) is 55.8 Å². The number of carbonyl (C=O) groups is 1. The van der Waals surface area contributed by atoms with Crippen molar-refractivity contribution in [2.45, 2.75) is 49.5 Å². The Labute approximate surface area is 153 Å². The lowest BCUT2D eigenvalue weighted by molar-refractivity contribution is 0.0726. The zero-order valence-electron chi connectivity index (χ0n) is 14.1. The molecule has 4 nitrogen and oxygen atoms in total. The van der Waals surface area contributed by atoms with Crippen LogP contribution in [0.2, 0.25) is 13.1 Å². The molecule has 0 bridgehead atoms. The predicted octanol–water partition coefficient (Wildman–Crippen LogP) is 3.11. The molecule has 0 saturated carbocycles. The van der Waals surface area contributed by atoms with Crippen molar-refractivity contribution in [1.29, 1.82) is 0 Å². The van der Waals surface area contributed by atoms with Crippen LogP contribution in [0.3, 0.4) is 0 Å². The molecule has 0 amide bonds. The van der Waals surface area contributed by atoms with Crippen molar-refractivity contribution < 1.29 is 18.8 Å². The zero-order valence-corrected chi connectivity index (χ0v) is 16.3. The second-order valence-electron chi connectivity index (χ2n) is 6.27. The van der Waals surface area contributed by atoms with Crippen LogP contribution in [0.25, 0.3) is 0 Å². The van der Waals surface area contributed by atoms with Gasteiger partial charge in [0.25, 0.3) is 0 Å². The number of ether oxygens (including phenoxy) is 1. The second kappa shape index (κ2) is 7.57. The summed E-state index contributed by atoms with van der Waals surface area (Å²) in [6, 6.07) is 5.44. The summed E-state index contributed by atoms with van der Waals surface area (Å²) in [6.07, 6.45) is 2.76. The molecule has 23 heavy (non-hydrogen) atoms.